The van der Waals surface area contributed by atoms with Gasteiger partial charge in [-0.15, -0.1) is 0 Å². The quantitative estimate of drug-likeness (QED) is 0.611. The molecule has 0 radical (unpaired) electrons. The topological polar surface area (TPSA) is 92.7 Å². The van der Waals surface area contributed by atoms with E-state index < -0.39 is 21.2 Å². The summed E-state index contributed by atoms with van der Waals surface area (Å²) in [7, 11) is -3.33. The highest BCUT2D eigenvalue weighted by Crippen LogP contribution is 2.12. The van der Waals surface area contributed by atoms with Gasteiger partial charge in [-0.05, 0) is 12.8 Å². The van der Waals surface area contributed by atoms with Crippen LogP contribution in [-0.2, 0) is 19.6 Å². The van der Waals surface area contributed by atoms with Crippen LogP contribution in [0.1, 0.15) is 19.3 Å². The molecule has 0 amide bonds. The van der Waals surface area contributed by atoms with E-state index in [1.807, 2.05) is 0 Å². The number of ether oxygens (including phenoxy) is 1. The Kier molecular flexibility index (Phi) is 4.49. The number of sulfonamides is 1. The standard InChI is InChI=1S/C8H15NO5S/c10-8(11)2-1-4-9-15(12,13)7-3-5-14-6-7/h7,9H,1-6H2,(H,10,11). The number of carbonyl (C=O) groups is 1. The van der Waals surface area contributed by atoms with Gasteiger partial charge in [-0.3, -0.25) is 4.79 Å². The second-order valence-corrected chi connectivity index (χ2v) is 5.47. The van der Waals surface area contributed by atoms with Gasteiger partial charge < -0.3 is 9.84 Å². The van der Waals surface area contributed by atoms with E-state index in [1.165, 1.54) is 0 Å². The number of carboxylic acids is 1. The van der Waals surface area contributed by atoms with Gasteiger partial charge in [0.15, 0.2) is 0 Å². The van der Waals surface area contributed by atoms with Crippen molar-refractivity contribution in [3.63, 3.8) is 0 Å². The molecule has 88 valence electrons. The number of aliphatic carboxylic acids is 1. The minimum Gasteiger partial charge on any atom is -0.481 e. The van der Waals surface area contributed by atoms with Gasteiger partial charge in [-0.25, -0.2) is 13.1 Å². The van der Waals surface area contributed by atoms with E-state index in [2.05, 4.69) is 4.72 Å². The molecule has 0 spiro atoms. The summed E-state index contributed by atoms with van der Waals surface area (Å²) in [4.78, 5) is 10.2. The molecule has 0 saturated carbocycles. The van der Waals surface area contributed by atoms with E-state index in [0.29, 0.717) is 19.4 Å². The van der Waals surface area contributed by atoms with Crippen molar-refractivity contribution in [2.75, 3.05) is 19.8 Å². The molecule has 7 heteroatoms. The molecule has 1 atom stereocenters. The largest absolute Gasteiger partial charge is 0.481 e. The van der Waals surface area contributed by atoms with Crippen molar-refractivity contribution in [2.24, 2.45) is 0 Å². The molecule has 1 heterocycles. The molecule has 6 nitrogen and oxygen atoms in total. The van der Waals surface area contributed by atoms with Crippen LogP contribution in [-0.4, -0.2) is 44.5 Å². The molecule has 15 heavy (non-hydrogen) atoms. The monoisotopic (exact) mass is 237 g/mol. The third-order valence-corrected chi connectivity index (χ3v) is 4.05. The summed E-state index contributed by atoms with van der Waals surface area (Å²) in [5.74, 6) is -0.918. The van der Waals surface area contributed by atoms with Crippen molar-refractivity contribution in [2.45, 2.75) is 24.5 Å². The molecule has 1 aliphatic heterocycles. The lowest BCUT2D eigenvalue weighted by atomic mass is 10.3. The van der Waals surface area contributed by atoms with Gasteiger partial charge in [0.2, 0.25) is 10.0 Å². The third kappa shape index (κ3) is 4.15. The smallest absolute Gasteiger partial charge is 0.303 e. The molecule has 1 unspecified atom stereocenters. The number of nitrogens with one attached hydrogen (secondary N) is 1. The molecule has 0 aliphatic carbocycles. The Balaban J connectivity index is 2.27. The molecule has 0 bridgehead atoms. The van der Waals surface area contributed by atoms with E-state index in [0.717, 1.165) is 0 Å². The fourth-order valence-electron chi connectivity index (χ4n) is 1.33. The Morgan fingerprint density at radius 1 is 1.53 bits per heavy atom. The van der Waals surface area contributed by atoms with Gasteiger partial charge in [0.1, 0.15) is 5.25 Å². The lowest BCUT2D eigenvalue weighted by molar-refractivity contribution is -0.137. The van der Waals surface area contributed by atoms with E-state index in [9.17, 15) is 13.2 Å². The summed E-state index contributed by atoms with van der Waals surface area (Å²) in [6, 6.07) is 0. The van der Waals surface area contributed by atoms with Crippen LogP contribution in [0.25, 0.3) is 0 Å². The van der Waals surface area contributed by atoms with Crippen LogP contribution < -0.4 is 4.72 Å². The summed E-state index contributed by atoms with van der Waals surface area (Å²) in [6.45, 7) is 0.875. The maximum Gasteiger partial charge on any atom is 0.303 e. The van der Waals surface area contributed by atoms with Crippen LogP contribution in [0.3, 0.4) is 0 Å². The molecule has 0 aromatic rings. The minimum absolute atomic E-state index is 0.0241. The van der Waals surface area contributed by atoms with Crippen molar-refractivity contribution >= 4 is 16.0 Å². The summed E-state index contributed by atoms with van der Waals surface area (Å²) in [5.41, 5.74) is 0. The second-order valence-electron chi connectivity index (χ2n) is 3.42. The summed E-state index contributed by atoms with van der Waals surface area (Å²) in [6.07, 6.45) is 0.792. The Morgan fingerprint density at radius 2 is 2.27 bits per heavy atom. The zero-order chi connectivity index (χ0) is 11.3. The van der Waals surface area contributed by atoms with Crippen LogP contribution in [0.4, 0.5) is 0 Å². The number of hydrogen-bond donors (Lipinski definition) is 2. The SMILES string of the molecule is O=C(O)CCCNS(=O)(=O)C1CCOC1. The van der Waals surface area contributed by atoms with E-state index in [4.69, 9.17) is 9.84 Å². The van der Waals surface area contributed by atoms with Crippen molar-refractivity contribution in [1.82, 2.24) is 4.72 Å². The van der Waals surface area contributed by atoms with Gasteiger partial charge in [0, 0.05) is 19.6 Å². The second kappa shape index (κ2) is 5.43. The average Bonchev–Trinajstić information content (AvgIpc) is 2.65. The van der Waals surface area contributed by atoms with Gasteiger partial charge >= 0.3 is 5.97 Å². The van der Waals surface area contributed by atoms with Gasteiger partial charge in [-0.1, -0.05) is 0 Å². The molecule has 0 aromatic heterocycles. The molecular weight excluding hydrogens is 222 g/mol. The highest BCUT2D eigenvalue weighted by molar-refractivity contribution is 7.90. The van der Waals surface area contributed by atoms with E-state index in [-0.39, 0.29) is 19.6 Å². The van der Waals surface area contributed by atoms with Crippen molar-refractivity contribution in [3.8, 4) is 0 Å². The Morgan fingerprint density at radius 3 is 2.80 bits per heavy atom. The minimum atomic E-state index is -3.33. The van der Waals surface area contributed by atoms with Crippen LogP contribution in [0.2, 0.25) is 0 Å². The first-order valence-corrected chi connectivity index (χ1v) is 6.35. The summed E-state index contributed by atoms with van der Waals surface area (Å²) < 4.78 is 30.4. The number of hydrogen-bond acceptors (Lipinski definition) is 4. The van der Waals surface area contributed by atoms with Crippen LogP contribution in [0.5, 0.6) is 0 Å². The molecule has 2 N–H and O–H groups in total. The molecular formula is C8H15NO5S. The number of rotatable bonds is 6. The van der Waals surface area contributed by atoms with Crippen molar-refractivity contribution < 1.29 is 23.1 Å². The lowest BCUT2D eigenvalue weighted by Gasteiger charge is -2.10. The summed E-state index contributed by atoms with van der Waals surface area (Å²) in [5, 5.41) is 7.87. The fraction of sp³-hybridized carbons (Fsp3) is 0.875. The first kappa shape index (κ1) is 12.4. The highest BCUT2D eigenvalue weighted by atomic mass is 32.2. The highest BCUT2D eigenvalue weighted by Gasteiger charge is 2.28. The molecule has 1 fully saturated rings. The zero-order valence-electron chi connectivity index (χ0n) is 8.31. The Labute approximate surface area is 88.7 Å². The maximum atomic E-state index is 11.5. The normalized spacial score (nSPS) is 21.7. The zero-order valence-corrected chi connectivity index (χ0v) is 9.12. The van der Waals surface area contributed by atoms with Crippen LogP contribution in [0.15, 0.2) is 0 Å². The van der Waals surface area contributed by atoms with E-state index >= 15 is 0 Å². The predicted molar refractivity (Wildman–Crippen MR) is 53.0 cm³/mol. The predicted octanol–water partition coefficient (Wildman–Crippen LogP) is -0.440. The lowest BCUT2D eigenvalue weighted by Crippen LogP contribution is -2.35. The van der Waals surface area contributed by atoms with Crippen LogP contribution in [0, 0.1) is 0 Å². The average molecular weight is 237 g/mol. The number of carboxylic acid groups (broad SMARTS) is 1. The van der Waals surface area contributed by atoms with Gasteiger partial charge in [-0.2, -0.15) is 0 Å². The third-order valence-electron chi connectivity index (χ3n) is 2.20. The molecule has 1 saturated heterocycles. The van der Waals surface area contributed by atoms with E-state index in [1.54, 1.807) is 0 Å². The fourth-order valence-corrected chi connectivity index (χ4v) is 2.68. The van der Waals surface area contributed by atoms with Gasteiger partial charge in [0.25, 0.3) is 0 Å². The Bertz CT molecular complexity index is 307. The van der Waals surface area contributed by atoms with Crippen LogP contribution >= 0.6 is 0 Å². The van der Waals surface area contributed by atoms with Crippen molar-refractivity contribution in [3.05, 3.63) is 0 Å². The van der Waals surface area contributed by atoms with Gasteiger partial charge in [0.05, 0.1) is 6.61 Å². The van der Waals surface area contributed by atoms with Crippen molar-refractivity contribution in [1.29, 1.82) is 0 Å². The summed E-state index contributed by atoms with van der Waals surface area (Å²) >= 11 is 0. The first-order valence-electron chi connectivity index (χ1n) is 4.80. The Hall–Kier alpha value is -0.660. The maximum absolute atomic E-state index is 11.5. The molecule has 1 aliphatic rings. The molecule has 1 rings (SSSR count). The first-order chi connectivity index (χ1) is 7.02. The molecule has 0 aromatic carbocycles.